The van der Waals surface area contributed by atoms with Gasteiger partial charge in [0.25, 0.3) is 5.91 Å². The van der Waals surface area contributed by atoms with E-state index in [0.717, 1.165) is 36.1 Å². The SMILES string of the molecule is CCOC(=O)c1c(NC(=O)COC(=O)C2CCC2)sc(CC)c1C. The van der Waals surface area contributed by atoms with E-state index in [2.05, 4.69) is 5.32 Å². The normalized spacial score (nSPS) is 14.0. The van der Waals surface area contributed by atoms with Crippen LogP contribution in [0.4, 0.5) is 5.00 Å². The minimum Gasteiger partial charge on any atom is -0.462 e. The maximum Gasteiger partial charge on any atom is 0.341 e. The minimum atomic E-state index is -0.451. The Bertz CT molecular complexity index is 633. The van der Waals surface area contributed by atoms with E-state index in [4.69, 9.17) is 9.47 Å². The molecule has 24 heavy (non-hydrogen) atoms. The van der Waals surface area contributed by atoms with Crippen LogP contribution in [0.3, 0.4) is 0 Å². The van der Waals surface area contributed by atoms with Gasteiger partial charge in [0, 0.05) is 4.88 Å². The van der Waals surface area contributed by atoms with Gasteiger partial charge in [0.1, 0.15) is 5.00 Å². The molecule has 1 aliphatic rings. The molecule has 1 aromatic rings. The van der Waals surface area contributed by atoms with E-state index in [1.807, 2.05) is 13.8 Å². The molecular weight excluding hydrogens is 330 g/mol. The Labute approximate surface area is 145 Å². The summed E-state index contributed by atoms with van der Waals surface area (Å²) < 4.78 is 10.1. The quantitative estimate of drug-likeness (QED) is 0.762. The Hall–Kier alpha value is -1.89. The number of carbonyl (C=O) groups is 3. The summed E-state index contributed by atoms with van der Waals surface area (Å²) in [6, 6.07) is 0. The lowest BCUT2D eigenvalue weighted by Crippen LogP contribution is -2.28. The number of anilines is 1. The molecule has 0 aromatic carbocycles. The molecule has 1 heterocycles. The maximum absolute atomic E-state index is 12.1. The van der Waals surface area contributed by atoms with Gasteiger partial charge in [-0.05, 0) is 38.7 Å². The molecule has 0 spiro atoms. The first-order valence-corrected chi connectivity index (χ1v) is 9.05. The number of hydrogen-bond donors (Lipinski definition) is 1. The molecule has 2 rings (SSSR count). The lowest BCUT2D eigenvalue weighted by molar-refractivity contribution is -0.154. The molecule has 0 saturated heterocycles. The second kappa shape index (κ2) is 8.28. The summed E-state index contributed by atoms with van der Waals surface area (Å²) in [7, 11) is 0. The Morgan fingerprint density at radius 1 is 1.21 bits per heavy atom. The van der Waals surface area contributed by atoms with Crippen LogP contribution in [0.2, 0.25) is 0 Å². The summed E-state index contributed by atoms with van der Waals surface area (Å²) in [5, 5.41) is 3.13. The first-order valence-electron chi connectivity index (χ1n) is 8.23. The predicted molar refractivity (Wildman–Crippen MR) is 91.3 cm³/mol. The van der Waals surface area contributed by atoms with Crippen molar-refractivity contribution in [3.8, 4) is 0 Å². The third-order valence-corrected chi connectivity index (χ3v) is 5.43. The van der Waals surface area contributed by atoms with Crippen molar-refractivity contribution in [3.05, 3.63) is 16.0 Å². The predicted octanol–water partition coefficient (Wildman–Crippen LogP) is 3.08. The molecule has 1 aromatic heterocycles. The minimum absolute atomic E-state index is 0.0661. The molecule has 0 bridgehead atoms. The van der Waals surface area contributed by atoms with Crippen molar-refractivity contribution >= 4 is 34.2 Å². The van der Waals surface area contributed by atoms with Crippen LogP contribution < -0.4 is 5.32 Å². The Kier molecular flexibility index (Phi) is 6.36. The van der Waals surface area contributed by atoms with Crippen LogP contribution in [0.5, 0.6) is 0 Å². The van der Waals surface area contributed by atoms with Gasteiger partial charge in [-0.3, -0.25) is 9.59 Å². The van der Waals surface area contributed by atoms with Crippen molar-refractivity contribution in [3.63, 3.8) is 0 Å². The van der Waals surface area contributed by atoms with Crippen LogP contribution in [0.25, 0.3) is 0 Å². The van der Waals surface area contributed by atoms with E-state index in [1.165, 1.54) is 11.3 Å². The zero-order valence-electron chi connectivity index (χ0n) is 14.3. The van der Waals surface area contributed by atoms with Crippen molar-refractivity contribution in [1.82, 2.24) is 0 Å². The summed E-state index contributed by atoms with van der Waals surface area (Å²) in [4.78, 5) is 36.9. The lowest BCUT2D eigenvalue weighted by Gasteiger charge is -2.22. The maximum atomic E-state index is 12.1. The highest BCUT2D eigenvalue weighted by Crippen LogP contribution is 2.34. The van der Waals surface area contributed by atoms with Crippen molar-refractivity contribution in [2.75, 3.05) is 18.5 Å². The Morgan fingerprint density at radius 2 is 1.92 bits per heavy atom. The molecule has 1 amide bonds. The van der Waals surface area contributed by atoms with Crippen LogP contribution in [0.1, 0.15) is 53.9 Å². The second-order valence-corrected chi connectivity index (χ2v) is 6.82. The number of esters is 2. The molecule has 0 unspecified atom stereocenters. The Morgan fingerprint density at radius 3 is 2.46 bits per heavy atom. The van der Waals surface area contributed by atoms with Crippen LogP contribution in [0, 0.1) is 12.8 Å². The average Bonchev–Trinajstić information content (AvgIpc) is 2.79. The number of amides is 1. The van der Waals surface area contributed by atoms with Gasteiger partial charge in [-0.1, -0.05) is 13.3 Å². The van der Waals surface area contributed by atoms with Crippen LogP contribution in [-0.2, 0) is 25.5 Å². The highest BCUT2D eigenvalue weighted by atomic mass is 32.1. The summed E-state index contributed by atoms with van der Waals surface area (Å²) in [6.07, 6.45) is 3.45. The molecule has 1 saturated carbocycles. The van der Waals surface area contributed by atoms with Crippen LogP contribution >= 0.6 is 11.3 Å². The molecule has 0 radical (unpaired) electrons. The zero-order chi connectivity index (χ0) is 17.7. The number of thiophene rings is 1. The molecule has 1 N–H and O–H groups in total. The molecule has 1 aliphatic carbocycles. The molecule has 0 atom stereocenters. The average molecular weight is 353 g/mol. The fourth-order valence-electron chi connectivity index (χ4n) is 2.50. The number of hydrogen-bond acceptors (Lipinski definition) is 6. The lowest BCUT2D eigenvalue weighted by atomic mass is 9.86. The number of ether oxygens (including phenoxy) is 2. The standard InChI is InChI=1S/C17H23NO5S/c1-4-12-10(3)14(17(21)22-5-2)15(24-12)18-13(19)9-23-16(20)11-7-6-8-11/h11H,4-9H2,1-3H3,(H,18,19). The fourth-order valence-corrected chi connectivity index (χ4v) is 3.65. The molecule has 132 valence electrons. The van der Waals surface area contributed by atoms with Crippen molar-refractivity contribution < 1.29 is 23.9 Å². The van der Waals surface area contributed by atoms with E-state index in [0.29, 0.717) is 10.6 Å². The summed E-state index contributed by atoms with van der Waals surface area (Å²) in [5.74, 6) is -1.29. The number of rotatable bonds is 7. The van der Waals surface area contributed by atoms with Gasteiger partial charge in [0.2, 0.25) is 0 Å². The van der Waals surface area contributed by atoms with Gasteiger partial charge in [-0.2, -0.15) is 0 Å². The molecular formula is C17H23NO5S. The molecule has 7 heteroatoms. The first kappa shape index (κ1) is 18.4. The summed E-state index contributed by atoms with van der Waals surface area (Å²) in [6.45, 7) is 5.49. The van der Waals surface area contributed by atoms with Gasteiger partial charge in [-0.15, -0.1) is 11.3 Å². The topological polar surface area (TPSA) is 81.7 Å². The van der Waals surface area contributed by atoms with Crippen LogP contribution in [0.15, 0.2) is 0 Å². The highest BCUT2D eigenvalue weighted by molar-refractivity contribution is 7.17. The molecule has 1 fully saturated rings. The second-order valence-electron chi connectivity index (χ2n) is 5.71. The molecule has 6 nitrogen and oxygen atoms in total. The van der Waals surface area contributed by atoms with Crippen molar-refractivity contribution in [2.24, 2.45) is 5.92 Å². The largest absolute Gasteiger partial charge is 0.462 e. The van der Waals surface area contributed by atoms with Gasteiger partial charge in [-0.25, -0.2) is 4.79 Å². The van der Waals surface area contributed by atoms with Gasteiger partial charge >= 0.3 is 11.9 Å². The van der Waals surface area contributed by atoms with E-state index in [9.17, 15) is 14.4 Å². The summed E-state index contributed by atoms with van der Waals surface area (Å²) >= 11 is 1.35. The van der Waals surface area contributed by atoms with Crippen molar-refractivity contribution in [1.29, 1.82) is 0 Å². The first-order chi connectivity index (χ1) is 11.5. The van der Waals surface area contributed by atoms with Crippen molar-refractivity contribution in [2.45, 2.75) is 46.5 Å². The third kappa shape index (κ3) is 4.14. The summed E-state index contributed by atoms with van der Waals surface area (Å²) in [5.41, 5.74) is 1.21. The zero-order valence-corrected chi connectivity index (χ0v) is 15.1. The Balaban J connectivity index is 2.03. The fraction of sp³-hybridized carbons (Fsp3) is 0.588. The monoisotopic (exact) mass is 353 g/mol. The van der Waals surface area contributed by atoms with E-state index in [-0.39, 0.29) is 25.1 Å². The smallest absolute Gasteiger partial charge is 0.341 e. The van der Waals surface area contributed by atoms with Gasteiger partial charge < -0.3 is 14.8 Å². The number of carbonyl (C=O) groups excluding carboxylic acids is 3. The number of aryl methyl sites for hydroxylation is 1. The van der Waals surface area contributed by atoms with E-state index >= 15 is 0 Å². The van der Waals surface area contributed by atoms with Gasteiger partial charge in [0.15, 0.2) is 6.61 Å². The van der Waals surface area contributed by atoms with E-state index < -0.39 is 11.9 Å². The highest BCUT2D eigenvalue weighted by Gasteiger charge is 2.28. The van der Waals surface area contributed by atoms with Gasteiger partial charge in [0.05, 0.1) is 18.1 Å². The number of nitrogens with one attached hydrogen (secondary N) is 1. The van der Waals surface area contributed by atoms with Crippen LogP contribution in [-0.4, -0.2) is 31.1 Å². The van der Waals surface area contributed by atoms with E-state index in [1.54, 1.807) is 6.92 Å². The molecule has 0 aliphatic heterocycles. The third-order valence-electron chi connectivity index (χ3n) is 4.08.